The summed E-state index contributed by atoms with van der Waals surface area (Å²) < 4.78 is 36.2. The number of esters is 1. The first-order valence-electron chi connectivity index (χ1n) is 7.46. The normalized spacial score (nSPS) is 11.5. The molecular weight excluding hydrogens is 332 g/mol. The van der Waals surface area contributed by atoms with Gasteiger partial charge in [0.2, 0.25) is 0 Å². The molecule has 7 heteroatoms. The molecule has 5 nitrogen and oxygen atoms in total. The van der Waals surface area contributed by atoms with E-state index < -0.39 is 35.7 Å². The first kappa shape index (κ1) is 18.4. The second-order valence-corrected chi connectivity index (χ2v) is 5.27. The van der Waals surface area contributed by atoms with E-state index in [1.54, 1.807) is 25.1 Å². The molecule has 25 heavy (non-hydrogen) atoms. The Kier molecular flexibility index (Phi) is 6.05. The van der Waals surface area contributed by atoms with Gasteiger partial charge in [0.25, 0.3) is 5.91 Å². The van der Waals surface area contributed by atoms with Crippen LogP contribution in [0.4, 0.5) is 8.78 Å². The Morgan fingerprint density at radius 1 is 1.16 bits per heavy atom. The maximum atomic E-state index is 13.5. The van der Waals surface area contributed by atoms with Gasteiger partial charge in [0.15, 0.2) is 6.61 Å². The number of methoxy groups -OCH3 is 1. The van der Waals surface area contributed by atoms with Gasteiger partial charge in [-0.25, -0.2) is 13.6 Å². The Bertz CT molecular complexity index is 779. The molecule has 1 amide bonds. The van der Waals surface area contributed by atoms with Crippen molar-refractivity contribution in [3.63, 3.8) is 0 Å². The summed E-state index contributed by atoms with van der Waals surface area (Å²) in [5, 5.41) is 2.65. The average molecular weight is 349 g/mol. The third kappa shape index (κ3) is 5.00. The van der Waals surface area contributed by atoms with Crippen molar-refractivity contribution in [3.05, 3.63) is 65.2 Å². The summed E-state index contributed by atoms with van der Waals surface area (Å²) in [7, 11) is 1.54. The molecule has 1 atom stereocenters. The van der Waals surface area contributed by atoms with Crippen molar-refractivity contribution in [1.29, 1.82) is 0 Å². The van der Waals surface area contributed by atoms with Crippen molar-refractivity contribution in [2.45, 2.75) is 13.0 Å². The number of ether oxygens (including phenoxy) is 2. The van der Waals surface area contributed by atoms with Gasteiger partial charge in [-0.3, -0.25) is 4.79 Å². The smallest absolute Gasteiger partial charge is 0.341 e. The molecular formula is C18H17F2NO4. The Morgan fingerprint density at radius 2 is 1.92 bits per heavy atom. The van der Waals surface area contributed by atoms with Gasteiger partial charge in [0.1, 0.15) is 17.4 Å². The summed E-state index contributed by atoms with van der Waals surface area (Å²) in [6.07, 6.45) is 0. The van der Waals surface area contributed by atoms with Gasteiger partial charge in [-0.15, -0.1) is 0 Å². The van der Waals surface area contributed by atoms with Gasteiger partial charge in [-0.05, 0) is 36.8 Å². The summed E-state index contributed by atoms with van der Waals surface area (Å²) in [6.45, 7) is 1.18. The molecule has 0 radical (unpaired) electrons. The molecule has 2 aromatic carbocycles. The van der Waals surface area contributed by atoms with Crippen LogP contribution in [-0.4, -0.2) is 25.6 Å². The zero-order chi connectivity index (χ0) is 18.4. The number of nitrogens with one attached hydrogen (secondary N) is 1. The van der Waals surface area contributed by atoms with Crippen LogP contribution < -0.4 is 10.1 Å². The average Bonchev–Trinajstić information content (AvgIpc) is 2.59. The molecule has 132 valence electrons. The summed E-state index contributed by atoms with van der Waals surface area (Å²) in [4.78, 5) is 23.6. The zero-order valence-electron chi connectivity index (χ0n) is 13.7. The minimum atomic E-state index is -1.05. The van der Waals surface area contributed by atoms with Gasteiger partial charge in [0, 0.05) is 6.07 Å². The molecule has 0 heterocycles. The van der Waals surface area contributed by atoms with Gasteiger partial charge in [-0.1, -0.05) is 12.1 Å². The number of carbonyl (C=O) groups excluding carboxylic acids is 2. The third-order valence-electron chi connectivity index (χ3n) is 3.46. The molecule has 0 aliphatic carbocycles. The van der Waals surface area contributed by atoms with Crippen LogP contribution in [0.3, 0.4) is 0 Å². The number of amides is 1. The third-order valence-corrected chi connectivity index (χ3v) is 3.46. The highest BCUT2D eigenvalue weighted by Crippen LogP contribution is 2.18. The molecule has 0 aromatic heterocycles. The van der Waals surface area contributed by atoms with Crippen molar-refractivity contribution in [2.24, 2.45) is 0 Å². The van der Waals surface area contributed by atoms with Crippen LogP contribution in [0, 0.1) is 11.6 Å². The van der Waals surface area contributed by atoms with Gasteiger partial charge >= 0.3 is 5.97 Å². The van der Waals surface area contributed by atoms with Crippen LogP contribution in [0.15, 0.2) is 42.5 Å². The lowest BCUT2D eigenvalue weighted by Gasteiger charge is -2.15. The van der Waals surface area contributed by atoms with Crippen molar-refractivity contribution < 1.29 is 27.8 Å². The highest BCUT2D eigenvalue weighted by atomic mass is 19.1. The summed E-state index contributed by atoms with van der Waals surface area (Å²) in [5.41, 5.74) is 0.374. The van der Waals surface area contributed by atoms with Crippen LogP contribution in [0.5, 0.6) is 5.75 Å². The molecule has 2 rings (SSSR count). The number of hydrogen-bond donors (Lipinski definition) is 1. The van der Waals surface area contributed by atoms with E-state index in [4.69, 9.17) is 9.47 Å². The number of benzene rings is 2. The minimum Gasteiger partial charge on any atom is -0.497 e. The topological polar surface area (TPSA) is 64.6 Å². The van der Waals surface area contributed by atoms with E-state index >= 15 is 0 Å². The Morgan fingerprint density at radius 3 is 2.60 bits per heavy atom. The second-order valence-electron chi connectivity index (χ2n) is 5.27. The van der Waals surface area contributed by atoms with Gasteiger partial charge in [0.05, 0.1) is 18.7 Å². The Balaban J connectivity index is 1.90. The first-order chi connectivity index (χ1) is 11.9. The van der Waals surface area contributed by atoms with E-state index in [9.17, 15) is 18.4 Å². The summed E-state index contributed by atoms with van der Waals surface area (Å²) >= 11 is 0. The van der Waals surface area contributed by atoms with E-state index in [0.717, 1.165) is 17.7 Å². The van der Waals surface area contributed by atoms with E-state index in [2.05, 4.69) is 5.32 Å². The van der Waals surface area contributed by atoms with Crippen LogP contribution in [0.25, 0.3) is 0 Å². The predicted molar refractivity (Wildman–Crippen MR) is 86.2 cm³/mol. The van der Waals surface area contributed by atoms with Crippen molar-refractivity contribution in [3.8, 4) is 5.75 Å². The fraction of sp³-hybridized carbons (Fsp3) is 0.222. The lowest BCUT2D eigenvalue weighted by molar-refractivity contribution is -0.124. The van der Waals surface area contributed by atoms with Crippen molar-refractivity contribution >= 4 is 11.9 Å². The minimum absolute atomic E-state index is 0.344. The lowest BCUT2D eigenvalue weighted by Crippen LogP contribution is -2.31. The molecule has 0 saturated heterocycles. The summed E-state index contributed by atoms with van der Waals surface area (Å²) in [6, 6.07) is 9.27. The van der Waals surface area contributed by atoms with Gasteiger partial charge in [-0.2, -0.15) is 0 Å². The SMILES string of the molecule is COc1cccc([C@H](C)NC(=O)COC(=O)c2ccc(F)cc2F)c1. The number of hydrogen-bond acceptors (Lipinski definition) is 4. The van der Waals surface area contributed by atoms with E-state index in [-0.39, 0.29) is 6.04 Å². The van der Waals surface area contributed by atoms with E-state index in [1.807, 2.05) is 6.07 Å². The Hall–Kier alpha value is -2.96. The first-order valence-corrected chi connectivity index (χ1v) is 7.46. The monoisotopic (exact) mass is 349 g/mol. The molecule has 2 aromatic rings. The molecule has 0 aliphatic rings. The fourth-order valence-corrected chi connectivity index (χ4v) is 2.14. The molecule has 0 saturated carbocycles. The molecule has 0 fully saturated rings. The number of rotatable bonds is 6. The Labute approximate surface area is 143 Å². The maximum absolute atomic E-state index is 13.5. The zero-order valence-corrected chi connectivity index (χ0v) is 13.7. The van der Waals surface area contributed by atoms with Crippen LogP contribution in [0.2, 0.25) is 0 Å². The predicted octanol–water partition coefficient (Wildman–Crippen LogP) is 3.01. The molecule has 0 bridgehead atoms. The van der Waals surface area contributed by atoms with Crippen molar-refractivity contribution in [1.82, 2.24) is 5.32 Å². The van der Waals surface area contributed by atoms with Crippen LogP contribution in [-0.2, 0) is 9.53 Å². The lowest BCUT2D eigenvalue weighted by atomic mass is 10.1. The number of carbonyl (C=O) groups is 2. The molecule has 1 N–H and O–H groups in total. The summed E-state index contributed by atoms with van der Waals surface area (Å²) in [5.74, 6) is -2.79. The second kappa shape index (κ2) is 8.23. The van der Waals surface area contributed by atoms with Gasteiger partial charge < -0.3 is 14.8 Å². The van der Waals surface area contributed by atoms with E-state index in [0.29, 0.717) is 11.8 Å². The van der Waals surface area contributed by atoms with E-state index in [1.165, 1.54) is 7.11 Å². The highest BCUT2D eigenvalue weighted by Gasteiger charge is 2.16. The molecule has 0 unspecified atom stereocenters. The van der Waals surface area contributed by atoms with Crippen molar-refractivity contribution in [2.75, 3.05) is 13.7 Å². The quantitative estimate of drug-likeness (QED) is 0.815. The van der Waals surface area contributed by atoms with Crippen LogP contribution >= 0.6 is 0 Å². The van der Waals surface area contributed by atoms with Crippen LogP contribution in [0.1, 0.15) is 28.9 Å². The standard InChI is InChI=1S/C18H17F2NO4/c1-11(12-4-3-5-14(8-12)24-2)21-17(22)10-25-18(23)15-7-6-13(19)9-16(15)20/h3-9,11H,10H2,1-2H3,(H,21,22)/t11-/m0/s1. The number of halogens is 2. The highest BCUT2D eigenvalue weighted by molar-refractivity contribution is 5.91. The fourth-order valence-electron chi connectivity index (χ4n) is 2.14. The largest absolute Gasteiger partial charge is 0.497 e. The molecule has 0 aliphatic heterocycles. The maximum Gasteiger partial charge on any atom is 0.341 e. The molecule has 0 spiro atoms.